The summed E-state index contributed by atoms with van der Waals surface area (Å²) in [5.41, 5.74) is 3.44. The van der Waals surface area contributed by atoms with Crippen LogP contribution in [-0.4, -0.2) is 16.5 Å². The zero-order valence-electron chi connectivity index (χ0n) is 9.28. The molecule has 2 heterocycles. The molecule has 0 atom stereocenters. The van der Waals surface area contributed by atoms with E-state index >= 15 is 0 Å². The lowest BCUT2D eigenvalue weighted by Crippen LogP contribution is -2.24. The van der Waals surface area contributed by atoms with Gasteiger partial charge in [0.2, 0.25) is 0 Å². The lowest BCUT2D eigenvalue weighted by Gasteiger charge is -2.16. The van der Waals surface area contributed by atoms with E-state index in [1.165, 1.54) is 11.3 Å². The molecule has 3 rings (SSSR count). The summed E-state index contributed by atoms with van der Waals surface area (Å²) in [7, 11) is 0. The highest BCUT2D eigenvalue weighted by atomic mass is 79.9. The van der Waals surface area contributed by atoms with Crippen LogP contribution >= 0.6 is 15.9 Å². The summed E-state index contributed by atoms with van der Waals surface area (Å²) >= 11 is 3.54. The van der Waals surface area contributed by atoms with Gasteiger partial charge in [-0.3, -0.25) is 0 Å². The summed E-state index contributed by atoms with van der Waals surface area (Å²) in [6.07, 6.45) is 2.92. The Morgan fingerprint density at radius 2 is 2.12 bits per heavy atom. The fourth-order valence-electron chi connectivity index (χ4n) is 2.01. The summed E-state index contributed by atoms with van der Waals surface area (Å²) in [5.74, 6) is 0.804. The van der Waals surface area contributed by atoms with Crippen molar-refractivity contribution in [2.24, 2.45) is 0 Å². The molecule has 0 fully saturated rings. The summed E-state index contributed by atoms with van der Waals surface area (Å²) in [6.45, 7) is 1.88. The molecule has 0 aliphatic carbocycles. The predicted octanol–water partition coefficient (Wildman–Crippen LogP) is 2.55. The first-order chi connectivity index (χ1) is 8.34. The van der Waals surface area contributed by atoms with E-state index in [0.29, 0.717) is 0 Å². The van der Waals surface area contributed by atoms with Crippen LogP contribution in [0, 0.1) is 0 Å². The number of fused-ring (bicyclic) bond motifs is 1. The predicted molar refractivity (Wildman–Crippen MR) is 70.6 cm³/mol. The molecule has 2 aromatic rings. The smallest absolute Gasteiger partial charge is 0.160 e. The van der Waals surface area contributed by atoms with Crippen molar-refractivity contribution < 1.29 is 0 Å². The van der Waals surface area contributed by atoms with E-state index in [1.54, 1.807) is 0 Å². The number of benzene rings is 1. The second-order valence-corrected chi connectivity index (χ2v) is 4.93. The molecule has 0 bridgehead atoms. The first-order valence-corrected chi connectivity index (χ1v) is 6.44. The molecule has 0 radical (unpaired) electrons. The van der Waals surface area contributed by atoms with Gasteiger partial charge < -0.3 is 5.32 Å². The Morgan fingerprint density at radius 1 is 1.24 bits per heavy atom. The van der Waals surface area contributed by atoms with Gasteiger partial charge in [-0.2, -0.15) is 0 Å². The van der Waals surface area contributed by atoms with Crippen LogP contribution in [0.1, 0.15) is 11.3 Å². The fraction of sp³-hybridized carbons (Fsp3) is 0.231. The van der Waals surface area contributed by atoms with Crippen LogP contribution < -0.4 is 5.32 Å². The molecular weight excluding hydrogens is 278 g/mol. The zero-order valence-corrected chi connectivity index (χ0v) is 10.9. The number of nitrogens with zero attached hydrogens (tertiary/aromatic N) is 2. The highest BCUT2D eigenvalue weighted by molar-refractivity contribution is 9.10. The molecule has 1 N–H and O–H groups in total. The molecule has 86 valence electrons. The third-order valence-electron chi connectivity index (χ3n) is 2.92. The van der Waals surface area contributed by atoms with Crippen molar-refractivity contribution in [3.8, 4) is 11.4 Å². The zero-order chi connectivity index (χ0) is 11.7. The Hall–Kier alpha value is -1.26. The number of nitrogens with one attached hydrogen (secondary N) is 1. The van der Waals surface area contributed by atoms with Crippen molar-refractivity contribution in [3.63, 3.8) is 0 Å². The fourth-order valence-corrected chi connectivity index (χ4v) is 2.47. The van der Waals surface area contributed by atoms with Crippen LogP contribution in [0.3, 0.4) is 0 Å². The molecule has 0 unspecified atom stereocenters. The summed E-state index contributed by atoms with van der Waals surface area (Å²) in [4.78, 5) is 9.11. The van der Waals surface area contributed by atoms with Gasteiger partial charge in [0.25, 0.3) is 0 Å². The summed E-state index contributed by atoms with van der Waals surface area (Å²) in [6, 6.07) is 8.05. The van der Waals surface area contributed by atoms with Crippen molar-refractivity contribution in [1.82, 2.24) is 15.3 Å². The number of halogens is 1. The molecule has 0 saturated carbocycles. The Bertz CT molecular complexity index is 554. The number of hydrogen-bond acceptors (Lipinski definition) is 3. The molecule has 0 saturated heterocycles. The van der Waals surface area contributed by atoms with Crippen LogP contribution in [0.4, 0.5) is 0 Å². The second-order valence-electron chi connectivity index (χ2n) is 4.07. The third kappa shape index (κ3) is 2.10. The van der Waals surface area contributed by atoms with Crippen LogP contribution in [-0.2, 0) is 13.0 Å². The van der Waals surface area contributed by atoms with E-state index in [9.17, 15) is 0 Å². The van der Waals surface area contributed by atoms with Crippen LogP contribution in [0.5, 0.6) is 0 Å². The van der Waals surface area contributed by atoms with E-state index in [4.69, 9.17) is 0 Å². The van der Waals surface area contributed by atoms with Gasteiger partial charge in [0.05, 0.1) is 5.69 Å². The van der Waals surface area contributed by atoms with E-state index in [-0.39, 0.29) is 0 Å². The van der Waals surface area contributed by atoms with Crippen molar-refractivity contribution in [1.29, 1.82) is 0 Å². The van der Waals surface area contributed by atoms with Gasteiger partial charge in [-0.05, 0) is 6.07 Å². The number of hydrogen-bond donors (Lipinski definition) is 1. The largest absolute Gasteiger partial charge is 0.312 e. The Kier molecular flexibility index (Phi) is 2.91. The standard InChI is InChI=1S/C13H12BrN3/c14-11-4-2-1-3-10(11)13-16-8-9-7-15-6-5-12(9)17-13/h1-4,8,15H,5-7H2. The van der Waals surface area contributed by atoms with Crippen LogP contribution in [0.15, 0.2) is 34.9 Å². The first kappa shape index (κ1) is 10.9. The molecule has 1 aromatic heterocycles. The molecule has 1 aliphatic rings. The third-order valence-corrected chi connectivity index (χ3v) is 3.61. The normalized spacial score (nSPS) is 14.4. The molecular formula is C13H12BrN3. The maximum atomic E-state index is 4.66. The minimum Gasteiger partial charge on any atom is -0.312 e. The van der Waals surface area contributed by atoms with Crippen LogP contribution in [0.25, 0.3) is 11.4 Å². The quantitative estimate of drug-likeness (QED) is 0.877. The summed E-state index contributed by atoms with van der Waals surface area (Å²) in [5, 5.41) is 3.32. The highest BCUT2D eigenvalue weighted by Crippen LogP contribution is 2.25. The van der Waals surface area contributed by atoms with Gasteiger partial charge in [0.1, 0.15) is 0 Å². The first-order valence-electron chi connectivity index (χ1n) is 5.65. The second kappa shape index (κ2) is 4.55. The van der Waals surface area contributed by atoms with E-state index in [2.05, 4.69) is 31.2 Å². The van der Waals surface area contributed by atoms with Gasteiger partial charge >= 0.3 is 0 Å². The Balaban J connectivity index is 2.07. The van der Waals surface area contributed by atoms with Crippen molar-refractivity contribution in [2.75, 3.05) is 6.54 Å². The minimum atomic E-state index is 0.804. The SMILES string of the molecule is Brc1ccccc1-c1ncc2c(n1)CCNC2. The molecule has 3 nitrogen and oxygen atoms in total. The van der Waals surface area contributed by atoms with Gasteiger partial charge in [-0.1, -0.05) is 34.1 Å². The monoisotopic (exact) mass is 289 g/mol. The van der Waals surface area contributed by atoms with Gasteiger partial charge in [-0.15, -0.1) is 0 Å². The average Bonchev–Trinajstić information content (AvgIpc) is 2.39. The topological polar surface area (TPSA) is 37.8 Å². The molecule has 0 spiro atoms. The molecule has 1 aliphatic heterocycles. The molecule has 17 heavy (non-hydrogen) atoms. The Morgan fingerprint density at radius 3 is 3.00 bits per heavy atom. The molecule has 1 aromatic carbocycles. The van der Waals surface area contributed by atoms with Gasteiger partial charge in [0, 0.05) is 41.3 Å². The maximum Gasteiger partial charge on any atom is 0.160 e. The van der Waals surface area contributed by atoms with Crippen LogP contribution in [0.2, 0.25) is 0 Å². The summed E-state index contributed by atoms with van der Waals surface area (Å²) < 4.78 is 1.04. The number of rotatable bonds is 1. The van der Waals surface area contributed by atoms with Crippen molar-refractivity contribution in [2.45, 2.75) is 13.0 Å². The minimum absolute atomic E-state index is 0.804. The molecule has 4 heteroatoms. The lowest BCUT2D eigenvalue weighted by atomic mass is 10.1. The lowest BCUT2D eigenvalue weighted by molar-refractivity contribution is 0.626. The Labute approximate surface area is 108 Å². The number of aromatic nitrogens is 2. The van der Waals surface area contributed by atoms with Gasteiger partial charge in [-0.25, -0.2) is 9.97 Å². The molecule has 0 amide bonds. The van der Waals surface area contributed by atoms with E-state index < -0.39 is 0 Å². The van der Waals surface area contributed by atoms with E-state index in [0.717, 1.165) is 35.4 Å². The van der Waals surface area contributed by atoms with Gasteiger partial charge in [0.15, 0.2) is 5.82 Å². The maximum absolute atomic E-state index is 4.66. The average molecular weight is 290 g/mol. The highest BCUT2D eigenvalue weighted by Gasteiger charge is 2.13. The van der Waals surface area contributed by atoms with E-state index in [1.807, 2.05) is 30.5 Å². The van der Waals surface area contributed by atoms with Crippen molar-refractivity contribution >= 4 is 15.9 Å². The van der Waals surface area contributed by atoms with Crippen molar-refractivity contribution in [3.05, 3.63) is 46.2 Å².